The summed E-state index contributed by atoms with van der Waals surface area (Å²) in [5.74, 6) is 0. The molecule has 3 heteroatoms. The highest BCUT2D eigenvalue weighted by Crippen LogP contribution is 2.12. The van der Waals surface area contributed by atoms with Gasteiger partial charge in [0.15, 0.2) is 6.29 Å². The van der Waals surface area contributed by atoms with E-state index in [1.807, 2.05) is 0 Å². The normalized spacial score (nSPS) is 25.5. The third kappa shape index (κ3) is 2.64. The fraction of sp³-hybridized carbons (Fsp3) is 1.00. The van der Waals surface area contributed by atoms with E-state index in [4.69, 9.17) is 14.6 Å². The van der Waals surface area contributed by atoms with Crippen LogP contribution in [0.5, 0.6) is 0 Å². The minimum absolute atomic E-state index is 0.00606. The first-order chi connectivity index (χ1) is 4.93. The number of hydrogen-bond acceptors (Lipinski definition) is 3. The van der Waals surface area contributed by atoms with Crippen LogP contribution in [-0.4, -0.2) is 31.2 Å². The highest BCUT2D eigenvalue weighted by atomic mass is 16.7. The molecular formula is C7H14O3. The van der Waals surface area contributed by atoms with Gasteiger partial charge in [0.2, 0.25) is 0 Å². The second-order valence-electron chi connectivity index (χ2n) is 2.39. The Morgan fingerprint density at radius 3 is 3.10 bits per heavy atom. The summed E-state index contributed by atoms with van der Waals surface area (Å²) < 4.78 is 10.5. The molecule has 1 N–H and O–H groups in total. The first-order valence-electron chi connectivity index (χ1n) is 3.77. The average molecular weight is 146 g/mol. The number of hydrogen-bond donors (Lipinski definition) is 1. The van der Waals surface area contributed by atoms with Gasteiger partial charge in [-0.1, -0.05) is 0 Å². The number of aliphatic hydroxyl groups is 1. The van der Waals surface area contributed by atoms with E-state index < -0.39 is 0 Å². The van der Waals surface area contributed by atoms with E-state index in [2.05, 4.69) is 0 Å². The number of rotatable bonds is 4. The topological polar surface area (TPSA) is 38.7 Å². The van der Waals surface area contributed by atoms with Gasteiger partial charge in [-0.05, 0) is 12.8 Å². The molecule has 1 atom stereocenters. The third-order valence-corrected chi connectivity index (χ3v) is 1.49. The maximum absolute atomic E-state index is 8.42. The molecular weight excluding hydrogens is 132 g/mol. The van der Waals surface area contributed by atoms with Crippen molar-refractivity contribution in [2.45, 2.75) is 25.6 Å². The molecule has 3 nitrogen and oxygen atoms in total. The van der Waals surface area contributed by atoms with Crippen LogP contribution >= 0.6 is 0 Å². The van der Waals surface area contributed by atoms with E-state index in [0.29, 0.717) is 13.0 Å². The largest absolute Gasteiger partial charge is 0.396 e. The van der Waals surface area contributed by atoms with E-state index in [1.165, 1.54) is 0 Å². The summed E-state index contributed by atoms with van der Waals surface area (Å²) in [5, 5.41) is 8.42. The second kappa shape index (κ2) is 4.66. The van der Waals surface area contributed by atoms with Crippen LogP contribution in [-0.2, 0) is 9.47 Å². The van der Waals surface area contributed by atoms with Crippen molar-refractivity contribution in [1.82, 2.24) is 0 Å². The Balaban J connectivity index is 1.91. The Hall–Kier alpha value is -0.120. The van der Waals surface area contributed by atoms with Gasteiger partial charge in [0.1, 0.15) is 0 Å². The minimum atomic E-state index is 0.00606. The zero-order valence-electron chi connectivity index (χ0n) is 6.08. The summed E-state index contributed by atoms with van der Waals surface area (Å²) in [6.07, 6.45) is 2.82. The van der Waals surface area contributed by atoms with E-state index >= 15 is 0 Å². The van der Waals surface area contributed by atoms with Crippen LogP contribution in [0.4, 0.5) is 0 Å². The summed E-state index contributed by atoms with van der Waals surface area (Å²) in [5.41, 5.74) is 0. The molecule has 0 aromatic rings. The van der Waals surface area contributed by atoms with Gasteiger partial charge in [-0.3, -0.25) is 0 Å². The number of aliphatic hydroxyl groups excluding tert-OH is 1. The molecule has 0 aromatic heterocycles. The van der Waals surface area contributed by atoms with Crippen molar-refractivity contribution in [3.8, 4) is 0 Å². The fourth-order valence-corrected chi connectivity index (χ4v) is 0.959. The Morgan fingerprint density at radius 1 is 1.60 bits per heavy atom. The molecule has 0 aromatic carbocycles. The maximum atomic E-state index is 8.42. The van der Waals surface area contributed by atoms with Crippen molar-refractivity contribution in [3.05, 3.63) is 0 Å². The third-order valence-electron chi connectivity index (χ3n) is 1.49. The molecule has 10 heavy (non-hydrogen) atoms. The first kappa shape index (κ1) is 7.98. The van der Waals surface area contributed by atoms with E-state index in [0.717, 1.165) is 19.4 Å². The predicted molar refractivity (Wildman–Crippen MR) is 36.6 cm³/mol. The summed E-state index contributed by atoms with van der Waals surface area (Å²) >= 11 is 0. The Kier molecular flexibility index (Phi) is 3.72. The van der Waals surface area contributed by atoms with Gasteiger partial charge in [-0.15, -0.1) is 0 Å². The molecule has 0 saturated carbocycles. The van der Waals surface area contributed by atoms with Crippen LogP contribution in [0.3, 0.4) is 0 Å². The van der Waals surface area contributed by atoms with Gasteiger partial charge in [-0.2, -0.15) is 0 Å². The van der Waals surface area contributed by atoms with Crippen LogP contribution in [0.1, 0.15) is 19.3 Å². The quantitative estimate of drug-likeness (QED) is 0.588. The molecule has 1 aliphatic rings. The molecule has 1 saturated heterocycles. The number of ether oxygens (including phenoxy) is 2. The smallest absolute Gasteiger partial charge is 0.157 e. The lowest BCUT2D eigenvalue weighted by atomic mass is 10.4. The first-order valence-corrected chi connectivity index (χ1v) is 3.77. The average Bonchev–Trinajstić information content (AvgIpc) is 2.41. The Bertz CT molecular complexity index is 78.9. The van der Waals surface area contributed by atoms with Crippen molar-refractivity contribution in [2.75, 3.05) is 19.8 Å². The van der Waals surface area contributed by atoms with Crippen molar-refractivity contribution in [3.63, 3.8) is 0 Å². The molecule has 0 spiro atoms. The maximum Gasteiger partial charge on any atom is 0.157 e. The fourth-order valence-electron chi connectivity index (χ4n) is 0.959. The van der Waals surface area contributed by atoms with Crippen molar-refractivity contribution in [1.29, 1.82) is 0 Å². The summed E-state index contributed by atoms with van der Waals surface area (Å²) in [6.45, 7) is 1.64. The van der Waals surface area contributed by atoms with Crippen LogP contribution in [0.2, 0.25) is 0 Å². The standard InChI is InChI=1S/C7H14O3/c8-4-2-6-10-7-3-1-5-9-7/h7-8H,1-6H2. The molecule has 1 unspecified atom stereocenters. The van der Waals surface area contributed by atoms with Gasteiger partial charge < -0.3 is 14.6 Å². The molecule has 0 amide bonds. The monoisotopic (exact) mass is 146 g/mol. The van der Waals surface area contributed by atoms with Gasteiger partial charge in [0.05, 0.1) is 6.61 Å². The zero-order chi connectivity index (χ0) is 7.23. The van der Waals surface area contributed by atoms with Crippen molar-refractivity contribution < 1.29 is 14.6 Å². The highest BCUT2D eigenvalue weighted by molar-refractivity contribution is 4.53. The molecule has 1 aliphatic heterocycles. The van der Waals surface area contributed by atoms with Gasteiger partial charge in [-0.25, -0.2) is 0 Å². The zero-order valence-corrected chi connectivity index (χ0v) is 6.08. The summed E-state index contributed by atoms with van der Waals surface area (Å²) in [7, 11) is 0. The molecule has 0 radical (unpaired) electrons. The molecule has 0 bridgehead atoms. The summed E-state index contributed by atoms with van der Waals surface area (Å²) in [4.78, 5) is 0. The molecule has 1 rings (SSSR count). The van der Waals surface area contributed by atoms with Gasteiger partial charge in [0.25, 0.3) is 0 Å². The molecule has 60 valence electrons. The van der Waals surface area contributed by atoms with Crippen LogP contribution in [0.25, 0.3) is 0 Å². The van der Waals surface area contributed by atoms with Crippen LogP contribution in [0, 0.1) is 0 Å². The predicted octanol–water partition coefficient (Wildman–Crippen LogP) is 0.522. The van der Waals surface area contributed by atoms with Crippen LogP contribution in [0.15, 0.2) is 0 Å². The lowest BCUT2D eigenvalue weighted by molar-refractivity contribution is -0.112. The van der Waals surface area contributed by atoms with Gasteiger partial charge in [0, 0.05) is 19.6 Å². The van der Waals surface area contributed by atoms with E-state index in [1.54, 1.807) is 0 Å². The second-order valence-corrected chi connectivity index (χ2v) is 2.39. The molecule has 1 heterocycles. The van der Waals surface area contributed by atoms with Crippen molar-refractivity contribution >= 4 is 0 Å². The molecule has 0 aliphatic carbocycles. The lowest BCUT2D eigenvalue weighted by Crippen LogP contribution is -2.11. The van der Waals surface area contributed by atoms with E-state index in [-0.39, 0.29) is 12.9 Å². The lowest BCUT2D eigenvalue weighted by Gasteiger charge is -2.09. The summed E-state index contributed by atoms with van der Waals surface area (Å²) in [6, 6.07) is 0. The molecule has 1 fully saturated rings. The van der Waals surface area contributed by atoms with Crippen molar-refractivity contribution in [2.24, 2.45) is 0 Å². The van der Waals surface area contributed by atoms with Gasteiger partial charge >= 0.3 is 0 Å². The minimum Gasteiger partial charge on any atom is -0.396 e. The Morgan fingerprint density at radius 2 is 2.50 bits per heavy atom. The Labute approximate surface area is 60.9 Å². The van der Waals surface area contributed by atoms with Crippen LogP contribution < -0.4 is 0 Å². The van der Waals surface area contributed by atoms with E-state index in [9.17, 15) is 0 Å². The highest BCUT2D eigenvalue weighted by Gasteiger charge is 2.14. The SMILES string of the molecule is OCCCOC1CCCO1.